The van der Waals surface area contributed by atoms with E-state index < -0.39 is 0 Å². The zero-order valence-electron chi connectivity index (χ0n) is 17.1. The Kier molecular flexibility index (Phi) is 10.1. The number of hydrogen-bond donors (Lipinski definition) is 1. The number of unbranched alkanes of at least 4 members (excludes halogenated alkanes) is 1. The SMILES string of the molecule is CCCC[C@@H](NN1CCC[C@H]1COC)[C@H](SCc1ccccc1)C(C)C. The molecule has 0 bridgehead atoms. The first-order valence-corrected chi connectivity index (χ1v) is 11.4. The van der Waals surface area contributed by atoms with Gasteiger partial charge in [-0.25, -0.2) is 5.01 Å². The Morgan fingerprint density at radius 1 is 1.27 bits per heavy atom. The lowest BCUT2D eigenvalue weighted by Gasteiger charge is -2.36. The highest BCUT2D eigenvalue weighted by Gasteiger charge is 2.31. The molecule has 1 aromatic carbocycles. The number of methoxy groups -OCH3 is 1. The van der Waals surface area contributed by atoms with E-state index in [0.717, 1.165) is 18.9 Å². The predicted molar refractivity (Wildman–Crippen MR) is 114 cm³/mol. The van der Waals surface area contributed by atoms with Crippen LogP contribution in [-0.2, 0) is 10.5 Å². The molecule has 4 heteroatoms. The number of hydrogen-bond acceptors (Lipinski definition) is 4. The van der Waals surface area contributed by atoms with Gasteiger partial charge in [-0.3, -0.25) is 5.43 Å². The highest BCUT2D eigenvalue weighted by Crippen LogP contribution is 2.30. The third-order valence-corrected chi connectivity index (χ3v) is 7.03. The number of thioether (sulfide) groups is 1. The van der Waals surface area contributed by atoms with Gasteiger partial charge < -0.3 is 4.74 Å². The third-order valence-electron chi connectivity index (χ3n) is 5.28. The molecule has 0 saturated carbocycles. The Balaban J connectivity index is 2.02. The fraction of sp³-hybridized carbons (Fsp3) is 0.727. The largest absolute Gasteiger partial charge is 0.383 e. The number of hydrazine groups is 1. The minimum atomic E-state index is 0.524. The molecular weight excluding hydrogens is 340 g/mol. The Morgan fingerprint density at radius 3 is 2.69 bits per heavy atom. The van der Waals surface area contributed by atoms with Crippen LogP contribution in [0.1, 0.15) is 58.4 Å². The van der Waals surface area contributed by atoms with E-state index >= 15 is 0 Å². The van der Waals surface area contributed by atoms with E-state index in [1.54, 1.807) is 0 Å². The molecule has 1 fully saturated rings. The molecule has 3 nitrogen and oxygen atoms in total. The summed E-state index contributed by atoms with van der Waals surface area (Å²) in [7, 11) is 1.82. The standard InChI is InChI=1S/C22H38N2OS/c1-5-6-14-21(23-24-15-10-13-20(24)16-25-4)22(18(2)3)26-17-19-11-8-7-9-12-19/h7-9,11-12,18,20-23H,5-6,10,13-17H2,1-4H3/t20-,21+,22+/m0/s1. The van der Waals surface area contributed by atoms with Crippen molar-refractivity contribution < 1.29 is 4.74 Å². The number of nitrogens with one attached hydrogen (secondary N) is 1. The number of ether oxygens (including phenoxy) is 1. The zero-order valence-corrected chi connectivity index (χ0v) is 17.9. The van der Waals surface area contributed by atoms with Crippen LogP contribution < -0.4 is 5.43 Å². The molecule has 0 spiro atoms. The number of benzene rings is 1. The minimum absolute atomic E-state index is 0.524. The molecule has 1 N–H and O–H groups in total. The van der Waals surface area contributed by atoms with Gasteiger partial charge in [0.25, 0.3) is 0 Å². The highest BCUT2D eigenvalue weighted by atomic mass is 32.2. The lowest BCUT2D eigenvalue weighted by Crippen LogP contribution is -2.53. The van der Waals surface area contributed by atoms with Crippen molar-refractivity contribution >= 4 is 11.8 Å². The quantitative estimate of drug-likeness (QED) is 0.546. The topological polar surface area (TPSA) is 24.5 Å². The maximum atomic E-state index is 5.45. The molecule has 1 aliphatic rings. The molecule has 2 rings (SSSR count). The second kappa shape index (κ2) is 12.0. The van der Waals surface area contributed by atoms with Gasteiger partial charge in [0.2, 0.25) is 0 Å². The molecule has 1 heterocycles. The predicted octanol–water partition coefficient (Wildman–Crippen LogP) is 5.12. The summed E-state index contributed by atoms with van der Waals surface area (Å²) >= 11 is 2.12. The van der Waals surface area contributed by atoms with Crippen molar-refractivity contribution in [3.8, 4) is 0 Å². The van der Waals surface area contributed by atoms with E-state index in [1.165, 1.54) is 37.7 Å². The first kappa shape index (κ1) is 21.7. The Bertz CT molecular complexity index is 482. The number of nitrogens with zero attached hydrogens (tertiary/aromatic N) is 1. The Hall–Kier alpha value is -0.550. The van der Waals surface area contributed by atoms with Crippen LogP contribution >= 0.6 is 11.8 Å². The van der Waals surface area contributed by atoms with Crippen LogP contribution in [0.15, 0.2) is 30.3 Å². The summed E-state index contributed by atoms with van der Waals surface area (Å²) in [6.45, 7) is 9.02. The van der Waals surface area contributed by atoms with Crippen molar-refractivity contribution in [3.05, 3.63) is 35.9 Å². The lowest BCUT2D eigenvalue weighted by molar-refractivity contribution is 0.0668. The van der Waals surface area contributed by atoms with E-state index in [1.807, 2.05) is 7.11 Å². The number of rotatable bonds is 12. The Morgan fingerprint density at radius 2 is 2.04 bits per heavy atom. The van der Waals surface area contributed by atoms with E-state index in [2.05, 4.69) is 73.3 Å². The Labute approximate surface area is 165 Å². The van der Waals surface area contributed by atoms with Gasteiger partial charge in [-0.05, 0) is 30.7 Å². The summed E-state index contributed by atoms with van der Waals surface area (Å²) < 4.78 is 5.45. The van der Waals surface area contributed by atoms with Gasteiger partial charge in [-0.15, -0.1) is 0 Å². The molecule has 26 heavy (non-hydrogen) atoms. The summed E-state index contributed by atoms with van der Waals surface area (Å²) in [6, 6.07) is 11.9. The van der Waals surface area contributed by atoms with Gasteiger partial charge in [0, 0.05) is 36.7 Å². The van der Waals surface area contributed by atoms with E-state index in [9.17, 15) is 0 Å². The maximum absolute atomic E-state index is 5.45. The van der Waals surface area contributed by atoms with Crippen LogP contribution in [0.5, 0.6) is 0 Å². The van der Waals surface area contributed by atoms with Crippen molar-refractivity contribution in [2.24, 2.45) is 5.92 Å². The van der Waals surface area contributed by atoms with Gasteiger partial charge in [0.1, 0.15) is 0 Å². The molecule has 148 valence electrons. The van der Waals surface area contributed by atoms with Gasteiger partial charge in [0.15, 0.2) is 0 Å². The van der Waals surface area contributed by atoms with Crippen LogP contribution in [0, 0.1) is 5.92 Å². The van der Waals surface area contributed by atoms with Gasteiger partial charge in [-0.1, -0.05) is 63.9 Å². The van der Waals surface area contributed by atoms with Crippen LogP contribution in [0.2, 0.25) is 0 Å². The monoisotopic (exact) mass is 378 g/mol. The molecule has 3 atom stereocenters. The molecule has 0 radical (unpaired) electrons. The van der Waals surface area contributed by atoms with Crippen LogP contribution in [-0.4, -0.2) is 42.6 Å². The lowest BCUT2D eigenvalue weighted by atomic mass is 9.99. The molecule has 1 aromatic rings. The maximum Gasteiger partial charge on any atom is 0.0632 e. The first-order valence-electron chi connectivity index (χ1n) is 10.3. The van der Waals surface area contributed by atoms with Gasteiger partial charge in [-0.2, -0.15) is 11.8 Å². The molecule has 0 aliphatic carbocycles. The van der Waals surface area contributed by atoms with Crippen LogP contribution in [0.3, 0.4) is 0 Å². The summed E-state index contributed by atoms with van der Waals surface area (Å²) in [6.07, 6.45) is 6.30. The van der Waals surface area contributed by atoms with Crippen molar-refractivity contribution in [3.63, 3.8) is 0 Å². The fourth-order valence-corrected chi connectivity index (χ4v) is 5.24. The summed E-state index contributed by atoms with van der Waals surface area (Å²) in [5.41, 5.74) is 5.36. The molecule has 0 amide bonds. The van der Waals surface area contributed by atoms with Gasteiger partial charge >= 0.3 is 0 Å². The highest BCUT2D eigenvalue weighted by molar-refractivity contribution is 7.99. The van der Waals surface area contributed by atoms with Gasteiger partial charge in [0.05, 0.1) is 6.61 Å². The molecule has 0 unspecified atom stereocenters. The van der Waals surface area contributed by atoms with E-state index in [4.69, 9.17) is 4.74 Å². The van der Waals surface area contributed by atoms with E-state index in [-0.39, 0.29) is 0 Å². The average molecular weight is 379 g/mol. The molecule has 1 saturated heterocycles. The van der Waals surface area contributed by atoms with Crippen molar-refractivity contribution in [2.75, 3.05) is 20.3 Å². The summed E-state index contributed by atoms with van der Waals surface area (Å²) in [5, 5.41) is 3.09. The van der Waals surface area contributed by atoms with Crippen molar-refractivity contribution in [1.29, 1.82) is 0 Å². The molecular formula is C22H38N2OS. The van der Waals surface area contributed by atoms with Crippen LogP contribution in [0.4, 0.5) is 0 Å². The summed E-state index contributed by atoms with van der Waals surface area (Å²) in [5.74, 6) is 1.75. The average Bonchev–Trinajstić information content (AvgIpc) is 3.07. The third kappa shape index (κ3) is 6.88. The fourth-order valence-electron chi connectivity index (χ4n) is 3.85. The second-order valence-corrected chi connectivity index (χ2v) is 8.99. The van der Waals surface area contributed by atoms with Crippen LogP contribution in [0.25, 0.3) is 0 Å². The first-order chi connectivity index (χ1) is 12.7. The van der Waals surface area contributed by atoms with E-state index in [0.29, 0.717) is 23.3 Å². The second-order valence-electron chi connectivity index (χ2n) is 7.83. The minimum Gasteiger partial charge on any atom is -0.383 e. The smallest absolute Gasteiger partial charge is 0.0632 e. The zero-order chi connectivity index (χ0) is 18.8. The normalized spacial score (nSPS) is 20.6. The molecule has 0 aromatic heterocycles. The van der Waals surface area contributed by atoms with Crippen molar-refractivity contribution in [1.82, 2.24) is 10.4 Å². The summed E-state index contributed by atoms with van der Waals surface area (Å²) in [4.78, 5) is 0. The van der Waals surface area contributed by atoms with Crippen molar-refractivity contribution in [2.45, 2.75) is 76.0 Å². The molecule has 1 aliphatic heterocycles.